The third-order valence-corrected chi connectivity index (χ3v) is 5.73. The van der Waals surface area contributed by atoms with Crippen LogP contribution >= 0.6 is 11.6 Å². The summed E-state index contributed by atoms with van der Waals surface area (Å²) in [4.78, 5) is 30.7. The van der Waals surface area contributed by atoms with Crippen LogP contribution in [-0.2, 0) is 25.5 Å². The molecule has 0 aliphatic carbocycles. The third-order valence-electron chi connectivity index (χ3n) is 5.42. The second-order valence-electron chi connectivity index (χ2n) is 7.40. The fourth-order valence-corrected chi connectivity index (χ4v) is 4.16. The first-order valence-electron chi connectivity index (χ1n) is 10.8. The van der Waals surface area contributed by atoms with Crippen LogP contribution in [0.15, 0.2) is 18.2 Å². The van der Waals surface area contributed by atoms with Gasteiger partial charge in [0.25, 0.3) is 0 Å². The lowest BCUT2D eigenvalue weighted by atomic mass is 9.98. The van der Waals surface area contributed by atoms with Gasteiger partial charge in [0.05, 0.1) is 42.3 Å². The number of carbonyl (C=O) groups excluding carboxylic acids is 2. The molecule has 1 aromatic carbocycles. The predicted octanol–water partition coefficient (Wildman–Crippen LogP) is 4.45. The highest BCUT2D eigenvalue weighted by Gasteiger charge is 2.37. The van der Waals surface area contributed by atoms with E-state index in [-0.39, 0.29) is 13.2 Å². The SMILES string of the molecule is CCOC(=O)C(C(=O)OCC)c1c(C)c(CC)nc2c(-c3ccc(OC)cc3Cl)c(C)nn12. The predicted molar refractivity (Wildman–Crippen MR) is 125 cm³/mol. The Hall–Kier alpha value is -3.13. The summed E-state index contributed by atoms with van der Waals surface area (Å²) in [5.41, 5.74) is 4.38. The first-order valence-corrected chi connectivity index (χ1v) is 11.2. The molecule has 0 amide bonds. The lowest BCUT2D eigenvalue weighted by molar-refractivity contribution is -0.157. The van der Waals surface area contributed by atoms with Gasteiger partial charge in [0, 0.05) is 11.3 Å². The van der Waals surface area contributed by atoms with Gasteiger partial charge in [0.15, 0.2) is 11.6 Å². The van der Waals surface area contributed by atoms with Gasteiger partial charge in [-0.05, 0) is 57.9 Å². The molecule has 0 fully saturated rings. The van der Waals surface area contributed by atoms with E-state index in [1.807, 2.05) is 26.8 Å². The summed E-state index contributed by atoms with van der Waals surface area (Å²) in [5, 5.41) is 5.14. The molecule has 0 radical (unpaired) electrons. The lowest BCUT2D eigenvalue weighted by Gasteiger charge is -2.19. The number of ether oxygens (including phenoxy) is 3. The second-order valence-corrected chi connectivity index (χ2v) is 7.81. The van der Waals surface area contributed by atoms with Crippen molar-refractivity contribution in [3.63, 3.8) is 0 Å². The molecule has 0 saturated heterocycles. The van der Waals surface area contributed by atoms with Crippen LogP contribution in [0.25, 0.3) is 16.8 Å². The highest BCUT2D eigenvalue weighted by Crippen LogP contribution is 2.37. The third kappa shape index (κ3) is 4.53. The monoisotopic (exact) mass is 473 g/mol. The number of aromatic nitrogens is 3. The van der Waals surface area contributed by atoms with Crippen LogP contribution in [0.2, 0.25) is 5.02 Å². The van der Waals surface area contributed by atoms with Crippen molar-refractivity contribution >= 4 is 29.2 Å². The van der Waals surface area contributed by atoms with E-state index in [0.717, 1.165) is 11.3 Å². The molecule has 0 saturated carbocycles. The average molecular weight is 474 g/mol. The summed E-state index contributed by atoms with van der Waals surface area (Å²) in [6.45, 7) is 9.26. The minimum absolute atomic E-state index is 0.132. The Balaban J connectivity index is 2.37. The van der Waals surface area contributed by atoms with Gasteiger partial charge in [-0.25, -0.2) is 9.50 Å². The Morgan fingerprint density at radius 2 is 1.73 bits per heavy atom. The standard InChI is InChI=1S/C24H28ClN3O5/c1-7-18-13(4)21(20(23(29)32-8-2)24(30)33-9-3)28-22(26-18)19(14(5)27-28)16-11-10-15(31-6)12-17(16)25/h10-12,20H,7-9H2,1-6H3. The number of fused-ring (bicyclic) bond motifs is 1. The Bertz CT molecular complexity index is 1190. The topological polar surface area (TPSA) is 92.0 Å². The Labute approximate surface area is 197 Å². The van der Waals surface area contributed by atoms with E-state index in [0.29, 0.717) is 45.4 Å². The minimum Gasteiger partial charge on any atom is -0.497 e. The summed E-state index contributed by atoms with van der Waals surface area (Å²) in [7, 11) is 1.57. The first kappa shape index (κ1) is 24.5. The molecule has 0 atom stereocenters. The maximum Gasteiger partial charge on any atom is 0.326 e. The van der Waals surface area contributed by atoms with Crippen molar-refractivity contribution in [2.24, 2.45) is 0 Å². The number of benzene rings is 1. The molecule has 8 nitrogen and oxygen atoms in total. The summed E-state index contributed by atoms with van der Waals surface area (Å²) in [6, 6.07) is 5.36. The number of esters is 2. The number of rotatable bonds is 8. The molecule has 2 heterocycles. The van der Waals surface area contributed by atoms with Crippen molar-refractivity contribution in [2.75, 3.05) is 20.3 Å². The number of carbonyl (C=O) groups is 2. The number of halogens is 1. The smallest absolute Gasteiger partial charge is 0.326 e. The van der Waals surface area contributed by atoms with Crippen molar-refractivity contribution < 1.29 is 23.8 Å². The van der Waals surface area contributed by atoms with Crippen molar-refractivity contribution in [2.45, 2.75) is 47.0 Å². The number of methoxy groups -OCH3 is 1. The molecule has 0 bridgehead atoms. The zero-order valence-corrected chi connectivity index (χ0v) is 20.4. The first-order chi connectivity index (χ1) is 15.8. The number of aryl methyl sites for hydroxylation is 2. The molecule has 176 valence electrons. The molecule has 0 N–H and O–H groups in total. The highest BCUT2D eigenvalue weighted by atomic mass is 35.5. The van der Waals surface area contributed by atoms with Crippen LogP contribution in [0, 0.1) is 13.8 Å². The van der Waals surface area contributed by atoms with E-state index in [1.54, 1.807) is 33.1 Å². The maximum atomic E-state index is 12.9. The number of hydrogen-bond donors (Lipinski definition) is 0. The van der Waals surface area contributed by atoms with Crippen LogP contribution in [-0.4, -0.2) is 46.9 Å². The van der Waals surface area contributed by atoms with E-state index >= 15 is 0 Å². The molecular weight excluding hydrogens is 446 g/mol. The van der Waals surface area contributed by atoms with Gasteiger partial charge in [-0.3, -0.25) is 9.59 Å². The average Bonchev–Trinajstić information content (AvgIpc) is 3.10. The fraction of sp³-hybridized carbons (Fsp3) is 0.417. The van der Waals surface area contributed by atoms with Crippen LogP contribution in [0.4, 0.5) is 0 Å². The normalized spacial score (nSPS) is 11.2. The molecule has 0 spiro atoms. The van der Waals surface area contributed by atoms with Crippen molar-refractivity contribution in [1.82, 2.24) is 14.6 Å². The van der Waals surface area contributed by atoms with Crippen LogP contribution in [0.5, 0.6) is 5.75 Å². The fourth-order valence-electron chi connectivity index (χ4n) is 3.90. The lowest BCUT2D eigenvalue weighted by Crippen LogP contribution is -2.29. The van der Waals surface area contributed by atoms with E-state index in [4.69, 9.17) is 30.8 Å². The van der Waals surface area contributed by atoms with Gasteiger partial charge in [0.2, 0.25) is 0 Å². The minimum atomic E-state index is -1.29. The van der Waals surface area contributed by atoms with Crippen molar-refractivity contribution in [3.8, 4) is 16.9 Å². The summed E-state index contributed by atoms with van der Waals surface area (Å²) < 4.78 is 17.3. The van der Waals surface area contributed by atoms with Gasteiger partial charge in [0.1, 0.15) is 5.75 Å². The largest absolute Gasteiger partial charge is 0.497 e. The van der Waals surface area contributed by atoms with Crippen LogP contribution in [0.1, 0.15) is 49.3 Å². The molecule has 0 aliphatic heterocycles. The van der Waals surface area contributed by atoms with E-state index < -0.39 is 17.9 Å². The van der Waals surface area contributed by atoms with E-state index in [9.17, 15) is 9.59 Å². The highest BCUT2D eigenvalue weighted by molar-refractivity contribution is 6.33. The van der Waals surface area contributed by atoms with Crippen LogP contribution in [0.3, 0.4) is 0 Å². The Kier molecular flexibility index (Phi) is 7.58. The van der Waals surface area contributed by atoms with Gasteiger partial charge in [-0.15, -0.1) is 0 Å². The second kappa shape index (κ2) is 10.2. The molecule has 0 unspecified atom stereocenters. The van der Waals surface area contributed by atoms with E-state index in [1.165, 1.54) is 4.52 Å². The van der Waals surface area contributed by atoms with Crippen molar-refractivity contribution in [1.29, 1.82) is 0 Å². The van der Waals surface area contributed by atoms with Gasteiger partial charge in [-0.2, -0.15) is 5.10 Å². The quantitative estimate of drug-likeness (QED) is 0.352. The summed E-state index contributed by atoms with van der Waals surface area (Å²) in [6.07, 6.45) is 0.591. The van der Waals surface area contributed by atoms with Crippen molar-refractivity contribution in [3.05, 3.63) is 45.9 Å². The molecule has 2 aromatic heterocycles. The summed E-state index contributed by atoms with van der Waals surface area (Å²) >= 11 is 6.57. The number of nitrogens with zero attached hydrogens (tertiary/aromatic N) is 3. The van der Waals surface area contributed by atoms with E-state index in [2.05, 4.69) is 5.10 Å². The summed E-state index contributed by atoms with van der Waals surface area (Å²) in [5.74, 6) is -2.04. The molecule has 3 aromatic rings. The van der Waals surface area contributed by atoms with Gasteiger partial charge in [-0.1, -0.05) is 18.5 Å². The molecular formula is C24H28ClN3O5. The van der Waals surface area contributed by atoms with Gasteiger partial charge < -0.3 is 14.2 Å². The molecule has 33 heavy (non-hydrogen) atoms. The number of hydrogen-bond acceptors (Lipinski definition) is 7. The molecule has 3 rings (SSSR count). The van der Waals surface area contributed by atoms with Crippen LogP contribution < -0.4 is 4.74 Å². The Morgan fingerprint density at radius 3 is 2.24 bits per heavy atom. The zero-order chi connectivity index (χ0) is 24.3. The zero-order valence-electron chi connectivity index (χ0n) is 19.7. The Morgan fingerprint density at radius 1 is 1.09 bits per heavy atom. The maximum absolute atomic E-state index is 12.9. The van der Waals surface area contributed by atoms with Gasteiger partial charge >= 0.3 is 11.9 Å². The molecule has 0 aliphatic rings. The molecule has 9 heteroatoms.